The van der Waals surface area contributed by atoms with E-state index in [-0.39, 0.29) is 17.1 Å². The van der Waals surface area contributed by atoms with Crippen LogP contribution in [0.2, 0.25) is 0 Å². The van der Waals surface area contributed by atoms with Crippen molar-refractivity contribution in [2.75, 3.05) is 7.11 Å². The molecule has 3 rings (SSSR count). The summed E-state index contributed by atoms with van der Waals surface area (Å²) in [6, 6.07) is 6.78. The summed E-state index contributed by atoms with van der Waals surface area (Å²) in [4.78, 5) is 24.6. The van der Waals surface area contributed by atoms with Crippen LogP contribution in [0.25, 0.3) is 0 Å². The van der Waals surface area contributed by atoms with Gasteiger partial charge in [0, 0.05) is 23.8 Å². The number of methoxy groups -OCH3 is 1. The number of ether oxygens (including phenoxy) is 2. The first-order valence-corrected chi connectivity index (χ1v) is 5.51. The molecule has 1 aliphatic heterocycles. The van der Waals surface area contributed by atoms with Crippen molar-refractivity contribution in [1.29, 1.82) is 0 Å². The maximum absolute atomic E-state index is 12.4. The highest BCUT2D eigenvalue weighted by atomic mass is 16.7. The van der Waals surface area contributed by atoms with E-state index in [9.17, 15) is 9.59 Å². The van der Waals surface area contributed by atoms with Gasteiger partial charge in [-0.15, -0.1) is 0 Å². The van der Waals surface area contributed by atoms with Gasteiger partial charge in [0.25, 0.3) is 0 Å². The van der Waals surface area contributed by atoms with Gasteiger partial charge in [0.2, 0.25) is 6.29 Å². The lowest BCUT2D eigenvalue weighted by molar-refractivity contribution is -0.0559. The number of Topliss-reactive ketones (excluding diaryl/α,β-unsaturated/α-hetero) is 2. The van der Waals surface area contributed by atoms with Crippen LogP contribution in [0.3, 0.4) is 0 Å². The summed E-state index contributed by atoms with van der Waals surface area (Å²) >= 11 is 0. The number of ketones is 2. The van der Waals surface area contributed by atoms with Crippen LogP contribution in [0.4, 0.5) is 0 Å². The number of benzene rings is 1. The third-order valence-corrected chi connectivity index (χ3v) is 3.08. The van der Waals surface area contributed by atoms with Gasteiger partial charge >= 0.3 is 0 Å². The van der Waals surface area contributed by atoms with E-state index in [0.717, 1.165) is 0 Å². The minimum Gasteiger partial charge on any atom is -0.468 e. The second-order valence-electron chi connectivity index (χ2n) is 4.04. The van der Waals surface area contributed by atoms with Gasteiger partial charge in [0.1, 0.15) is 0 Å². The van der Waals surface area contributed by atoms with Crippen molar-refractivity contribution >= 4 is 11.6 Å². The molecule has 1 atom stereocenters. The monoisotopic (exact) mass is 242 g/mol. The highest BCUT2D eigenvalue weighted by Crippen LogP contribution is 2.32. The topological polar surface area (TPSA) is 52.6 Å². The predicted molar refractivity (Wildman–Crippen MR) is 63.2 cm³/mol. The Labute approximate surface area is 104 Å². The lowest BCUT2D eigenvalue weighted by Crippen LogP contribution is -2.32. The molecule has 1 unspecified atom stereocenters. The van der Waals surface area contributed by atoms with E-state index in [2.05, 4.69) is 0 Å². The van der Waals surface area contributed by atoms with E-state index in [1.165, 1.54) is 19.4 Å². The first kappa shape index (κ1) is 10.9. The van der Waals surface area contributed by atoms with Crippen LogP contribution in [-0.2, 0) is 9.47 Å². The molecule has 0 saturated heterocycles. The molecule has 4 nitrogen and oxygen atoms in total. The highest BCUT2D eigenvalue weighted by molar-refractivity contribution is 6.28. The van der Waals surface area contributed by atoms with Crippen molar-refractivity contribution in [3.8, 4) is 0 Å². The van der Waals surface area contributed by atoms with Crippen LogP contribution >= 0.6 is 0 Å². The largest absolute Gasteiger partial charge is 0.468 e. The molecule has 1 aromatic carbocycles. The van der Waals surface area contributed by atoms with Gasteiger partial charge in [-0.1, -0.05) is 24.3 Å². The molecule has 4 heteroatoms. The summed E-state index contributed by atoms with van der Waals surface area (Å²) in [6.07, 6.45) is 2.09. The summed E-state index contributed by atoms with van der Waals surface area (Å²) in [6.45, 7) is 0. The maximum Gasteiger partial charge on any atom is 0.230 e. The second-order valence-corrected chi connectivity index (χ2v) is 4.04. The van der Waals surface area contributed by atoms with Crippen molar-refractivity contribution in [2.45, 2.75) is 6.29 Å². The minimum absolute atomic E-state index is 0.165. The molecule has 0 bridgehead atoms. The molecule has 2 aliphatic rings. The first-order chi connectivity index (χ1) is 8.74. The smallest absolute Gasteiger partial charge is 0.230 e. The van der Waals surface area contributed by atoms with Crippen LogP contribution in [-0.4, -0.2) is 25.0 Å². The van der Waals surface area contributed by atoms with E-state index in [4.69, 9.17) is 9.47 Å². The number of carbonyl (C=O) groups is 2. The molecule has 1 aliphatic carbocycles. The number of carbonyl (C=O) groups excluding carboxylic acids is 2. The third kappa shape index (κ3) is 1.36. The molecule has 0 radical (unpaired) electrons. The molecule has 0 amide bonds. The normalized spacial score (nSPS) is 21.5. The van der Waals surface area contributed by atoms with Gasteiger partial charge in [-0.25, -0.2) is 0 Å². The molecule has 18 heavy (non-hydrogen) atoms. The van der Waals surface area contributed by atoms with Crippen LogP contribution in [0.1, 0.15) is 20.7 Å². The summed E-state index contributed by atoms with van der Waals surface area (Å²) < 4.78 is 10.3. The standard InChI is InChI=1S/C14H10O4/c1-17-14-11-10(6-7-18-14)12(15)8-4-2-3-5-9(8)13(11)16/h2-7,14H,1H3. The molecule has 90 valence electrons. The van der Waals surface area contributed by atoms with Gasteiger partial charge in [-0.3, -0.25) is 9.59 Å². The zero-order valence-corrected chi connectivity index (χ0v) is 9.67. The minimum atomic E-state index is -0.810. The second kappa shape index (κ2) is 3.92. The first-order valence-electron chi connectivity index (χ1n) is 5.51. The SMILES string of the molecule is COC1OC=CC2=C1C(=O)c1ccccc1C2=O. The van der Waals surface area contributed by atoms with Gasteiger partial charge in [-0.2, -0.15) is 0 Å². The van der Waals surface area contributed by atoms with Gasteiger partial charge in [0.05, 0.1) is 11.8 Å². The van der Waals surface area contributed by atoms with E-state index in [1.54, 1.807) is 24.3 Å². The fraction of sp³-hybridized carbons (Fsp3) is 0.143. The molecule has 0 N–H and O–H groups in total. The quantitative estimate of drug-likeness (QED) is 0.754. The van der Waals surface area contributed by atoms with E-state index in [0.29, 0.717) is 16.7 Å². The van der Waals surface area contributed by atoms with Crippen molar-refractivity contribution in [1.82, 2.24) is 0 Å². The number of hydrogen-bond donors (Lipinski definition) is 0. The van der Waals surface area contributed by atoms with E-state index < -0.39 is 6.29 Å². The van der Waals surface area contributed by atoms with Crippen molar-refractivity contribution in [3.63, 3.8) is 0 Å². The Hall–Kier alpha value is -2.20. The Morgan fingerprint density at radius 3 is 2.44 bits per heavy atom. The van der Waals surface area contributed by atoms with Crippen molar-refractivity contribution in [2.24, 2.45) is 0 Å². The Kier molecular flexibility index (Phi) is 2.38. The average molecular weight is 242 g/mol. The summed E-state index contributed by atoms with van der Waals surface area (Å²) in [7, 11) is 1.44. The predicted octanol–water partition coefficient (Wildman–Crippen LogP) is 1.88. The molecule has 1 heterocycles. The Morgan fingerprint density at radius 2 is 1.78 bits per heavy atom. The number of fused-ring (bicyclic) bond motifs is 1. The van der Waals surface area contributed by atoms with E-state index in [1.807, 2.05) is 0 Å². The van der Waals surface area contributed by atoms with Crippen LogP contribution in [0.15, 0.2) is 47.7 Å². The zero-order chi connectivity index (χ0) is 12.7. The van der Waals surface area contributed by atoms with Crippen LogP contribution < -0.4 is 0 Å². The molecule has 1 aromatic rings. The Morgan fingerprint density at radius 1 is 1.11 bits per heavy atom. The molecule has 0 fully saturated rings. The zero-order valence-electron chi connectivity index (χ0n) is 9.67. The lowest BCUT2D eigenvalue weighted by Gasteiger charge is -2.26. The maximum atomic E-state index is 12.4. The van der Waals surface area contributed by atoms with Crippen molar-refractivity contribution in [3.05, 3.63) is 58.9 Å². The van der Waals surface area contributed by atoms with E-state index >= 15 is 0 Å². The molecule has 0 spiro atoms. The number of hydrogen-bond acceptors (Lipinski definition) is 4. The average Bonchev–Trinajstić information content (AvgIpc) is 2.44. The third-order valence-electron chi connectivity index (χ3n) is 3.08. The Bertz CT molecular complexity index is 610. The molecular weight excluding hydrogens is 232 g/mol. The van der Waals surface area contributed by atoms with Crippen molar-refractivity contribution < 1.29 is 19.1 Å². The summed E-state index contributed by atoms with van der Waals surface area (Å²) in [5, 5.41) is 0. The highest BCUT2D eigenvalue weighted by Gasteiger charge is 2.37. The lowest BCUT2D eigenvalue weighted by atomic mass is 9.83. The van der Waals surface area contributed by atoms with Crippen LogP contribution in [0.5, 0.6) is 0 Å². The molecule has 0 saturated carbocycles. The van der Waals surface area contributed by atoms with Crippen LogP contribution in [0, 0.1) is 0 Å². The number of rotatable bonds is 1. The molecule has 0 aromatic heterocycles. The van der Waals surface area contributed by atoms with Gasteiger partial charge < -0.3 is 9.47 Å². The summed E-state index contributed by atoms with van der Waals surface area (Å²) in [5.74, 6) is -0.377. The van der Waals surface area contributed by atoms with Gasteiger partial charge in [-0.05, 0) is 6.08 Å². The fourth-order valence-electron chi connectivity index (χ4n) is 2.23. The summed E-state index contributed by atoms with van der Waals surface area (Å²) in [5.41, 5.74) is 1.48. The fourth-order valence-corrected chi connectivity index (χ4v) is 2.23. The van der Waals surface area contributed by atoms with Gasteiger partial charge in [0.15, 0.2) is 11.6 Å². The number of allylic oxidation sites excluding steroid dienone is 2. The Balaban J connectivity index is 2.23. The molecular formula is C14H10O4.